The van der Waals surface area contributed by atoms with Crippen LogP contribution in [0.3, 0.4) is 0 Å². The topological polar surface area (TPSA) is 29.5 Å². The summed E-state index contributed by atoms with van der Waals surface area (Å²) < 4.78 is 5.04. The second-order valence-electron chi connectivity index (χ2n) is 4.30. The van der Waals surface area contributed by atoms with E-state index in [2.05, 4.69) is 26.0 Å². The van der Waals surface area contributed by atoms with E-state index in [1.807, 2.05) is 12.1 Å². The molecule has 2 heteroatoms. The molecule has 1 heterocycles. The summed E-state index contributed by atoms with van der Waals surface area (Å²) in [4.78, 5) is 0. The van der Waals surface area contributed by atoms with Gasteiger partial charge in [-0.15, -0.1) is 0 Å². The number of ether oxygens (including phenoxy) is 1. The van der Waals surface area contributed by atoms with Gasteiger partial charge in [-0.25, -0.2) is 0 Å². The standard InChI is InChI=1S/C12H16O2/c1-9(2)10-4-3-5-11(6-10)12(13)7-14-8-12/h3-6,9,13H,7-8H2,1-2H3. The summed E-state index contributed by atoms with van der Waals surface area (Å²) in [6, 6.07) is 8.14. The van der Waals surface area contributed by atoms with Gasteiger partial charge in [0.05, 0.1) is 13.2 Å². The Balaban J connectivity index is 2.30. The van der Waals surface area contributed by atoms with E-state index in [1.165, 1.54) is 5.56 Å². The largest absolute Gasteiger partial charge is 0.380 e. The predicted molar refractivity (Wildman–Crippen MR) is 55.2 cm³/mol. The van der Waals surface area contributed by atoms with Gasteiger partial charge in [0.1, 0.15) is 5.60 Å². The summed E-state index contributed by atoms with van der Waals surface area (Å²) in [5.41, 5.74) is 1.52. The SMILES string of the molecule is CC(C)c1cccc(C2(O)COC2)c1. The summed E-state index contributed by atoms with van der Waals surface area (Å²) in [5, 5.41) is 10.1. The van der Waals surface area contributed by atoms with Crippen LogP contribution in [-0.2, 0) is 10.3 Å². The summed E-state index contributed by atoms with van der Waals surface area (Å²) >= 11 is 0. The molecule has 1 aromatic carbocycles. The molecule has 0 saturated carbocycles. The Morgan fingerprint density at radius 1 is 1.36 bits per heavy atom. The minimum Gasteiger partial charge on any atom is -0.380 e. The van der Waals surface area contributed by atoms with Crippen molar-refractivity contribution in [3.8, 4) is 0 Å². The molecule has 1 saturated heterocycles. The molecular formula is C12H16O2. The van der Waals surface area contributed by atoms with Crippen molar-refractivity contribution in [2.45, 2.75) is 25.4 Å². The molecule has 1 N–H and O–H groups in total. The summed E-state index contributed by atoms with van der Waals surface area (Å²) in [5.74, 6) is 0.500. The zero-order chi connectivity index (χ0) is 10.2. The van der Waals surface area contributed by atoms with Gasteiger partial charge in [0, 0.05) is 0 Å². The molecule has 0 unspecified atom stereocenters. The van der Waals surface area contributed by atoms with E-state index in [0.717, 1.165) is 5.56 Å². The highest BCUT2D eigenvalue weighted by Gasteiger charge is 2.37. The van der Waals surface area contributed by atoms with E-state index in [1.54, 1.807) is 0 Å². The number of hydrogen-bond acceptors (Lipinski definition) is 2. The van der Waals surface area contributed by atoms with Gasteiger partial charge in [-0.3, -0.25) is 0 Å². The Morgan fingerprint density at radius 2 is 2.07 bits per heavy atom. The van der Waals surface area contributed by atoms with Crippen molar-refractivity contribution < 1.29 is 9.84 Å². The lowest BCUT2D eigenvalue weighted by molar-refractivity contribution is -0.184. The van der Waals surface area contributed by atoms with E-state index in [-0.39, 0.29) is 0 Å². The van der Waals surface area contributed by atoms with Crippen molar-refractivity contribution in [1.29, 1.82) is 0 Å². The molecule has 0 radical (unpaired) electrons. The zero-order valence-corrected chi connectivity index (χ0v) is 8.66. The van der Waals surface area contributed by atoms with Crippen LogP contribution in [-0.4, -0.2) is 18.3 Å². The second kappa shape index (κ2) is 3.37. The first-order chi connectivity index (χ1) is 6.62. The molecule has 0 amide bonds. The molecule has 0 aliphatic carbocycles. The van der Waals surface area contributed by atoms with E-state index in [4.69, 9.17) is 4.74 Å². The van der Waals surface area contributed by atoms with Crippen LogP contribution in [0.15, 0.2) is 24.3 Å². The van der Waals surface area contributed by atoms with Crippen LogP contribution in [0.4, 0.5) is 0 Å². The molecular weight excluding hydrogens is 176 g/mol. The first-order valence-corrected chi connectivity index (χ1v) is 5.02. The molecule has 0 atom stereocenters. The molecule has 1 aliphatic heterocycles. The summed E-state index contributed by atoms with van der Waals surface area (Å²) in [7, 11) is 0. The minimum atomic E-state index is -0.731. The average Bonchev–Trinajstić information content (AvgIpc) is 2.14. The van der Waals surface area contributed by atoms with E-state index >= 15 is 0 Å². The number of rotatable bonds is 2. The van der Waals surface area contributed by atoms with Gasteiger partial charge >= 0.3 is 0 Å². The maximum Gasteiger partial charge on any atom is 0.136 e. The van der Waals surface area contributed by atoms with Crippen LogP contribution in [0.1, 0.15) is 30.9 Å². The van der Waals surface area contributed by atoms with Gasteiger partial charge < -0.3 is 9.84 Å². The number of aliphatic hydroxyl groups is 1. The van der Waals surface area contributed by atoms with Gasteiger partial charge in [-0.1, -0.05) is 38.1 Å². The van der Waals surface area contributed by atoms with Crippen molar-refractivity contribution in [3.63, 3.8) is 0 Å². The quantitative estimate of drug-likeness (QED) is 0.777. The fraction of sp³-hybridized carbons (Fsp3) is 0.500. The molecule has 0 bridgehead atoms. The fourth-order valence-electron chi connectivity index (χ4n) is 1.65. The first kappa shape index (κ1) is 9.69. The molecule has 0 spiro atoms. The van der Waals surface area contributed by atoms with Gasteiger partial charge in [0.15, 0.2) is 0 Å². The third kappa shape index (κ3) is 1.56. The molecule has 14 heavy (non-hydrogen) atoms. The lowest BCUT2D eigenvalue weighted by Crippen LogP contribution is -2.46. The van der Waals surface area contributed by atoms with Crippen molar-refractivity contribution in [2.24, 2.45) is 0 Å². The Morgan fingerprint density at radius 3 is 2.57 bits per heavy atom. The number of benzene rings is 1. The maximum absolute atomic E-state index is 10.1. The van der Waals surface area contributed by atoms with Gasteiger partial charge in [-0.2, -0.15) is 0 Å². The van der Waals surface area contributed by atoms with Crippen LogP contribution in [0.2, 0.25) is 0 Å². The smallest absolute Gasteiger partial charge is 0.136 e. The van der Waals surface area contributed by atoms with Crippen LogP contribution in [0.5, 0.6) is 0 Å². The van der Waals surface area contributed by atoms with Crippen LogP contribution in [0, 0.1) is 0 Å². The van der Waals surface area contributed by atoms with Crippen molar-refractivity contribution in [3.05, 3.63) is 35.4 Å². The van der Waals surface area contributed by atoms with Gasteiger partial charge in [0.25, 0.3) is 0 Å². The summed E-state index contributed by atoms with van der Waals surface area (Å²) in [6.45, 7) is 5.16. The third-order valence-corrected chi connectivity index (χ3v) is 2.77. The zero-order valence-electron chi connectivity index (χ0n) is 8.66. The minimum absolute atomic E-state index is 0.425. The van der Waals surface area contributed by atoms with Crippen molar-refractivity contribution >= 4 is 0 Å². The lowest BCUT2D eigenvalue weighted by atomic mass is 9.89. The Labute approximate surface area is 84.5 Å². The van der Waals surface area contributed by atoms with Crippen LogP contribution >= 0.6 is 0 Å². The van der Waals surface area contributed by atoms with E-state index in [9.17, 15) is 5.11 Å². The molecule has 2 nitrogen and oxygen atoms in total. The van der Waals surface area contributed by atoms with E-state index in [0.29, 0.717) is 19.1 Å². The Kier molecular flexibility index (Phi) is 2.33. The molecule has 2 rings (SSSR count). The highest BCUT2D eigenvalue weighted by Crippen LogP contribution is 2.30. The second-order valence-corrected chi connectivity index (χ2v) is 4.30. The van der Waals surface area contributed by atoms with Crippen LogP contribution in [0.25, 0.3) is 0 Å². The lowest BCUT2D eigenvalue weighted by Gasteiger charge is -2.37. The van der Waals surface area contributed by atoms with Crippen LogP contribution < -0.4 is 0 Å². The maximum atomic E-state index is 10.1. The third-order valence-electron chi connectivity index (χ3n) is 2.77. The molecule has 0 aromatic heterocycles. The first-order valence-electron chi connectivity index (χ1n) is 5.02. The summed E-state index contributed by atoms with van der Waals surface area (Å²) in [6.07, 6.45) is 0. The predicted octanol–water partition coefficient (Wildman–Crippen LogP) is 2.03. The molecule has 1 aliphatic rings. The van der Waals surface area contributed by atoms with Gasteiger partial charge in [0.2, 0.25) is 0 Å². The highest BCUT2D eigenvalue weighted by molar-refractivity contribution is 5.31. The Hall–Kier alpha value is -0.860. The molecule has 76 valence electrons. The monoisotopic (exact) mass is 192 g/mol. The number of hydrogen-bond donors (Lipinski definition) is 1. The van der Waals surface area contributed by atoms with Crippen molar-refractivity contribution in [1.82, 2.24) is 0 Å². The van der Waals surface area contributed by atoms with E-state index < -0.39 is 5.60 Å². The normalized spacial score (nSPS) is 19.4. The fourth-order valence-corrected chi connectivity index (χ4v) is 1.65. The Bertz CT molecular complexity index is 327. The highest BCUT2D eigenvalue weighted by atomic mass is 16.5. The average molecular weight is 192 g/mol. The van der Waals surface area contributed by atoms with Gasteiger partial charge in [-0.05, 0) is 17.0 Å². The molecule has 1 fully saturated rings. The molecule has 1 aromatic rings. The van der Waals surface area contributed by atoms with Crippen molar-refractivity contribution in [2.75, 3.05) is 13.2 Å².